The van der Waals surface area contributed by atoms with Crippen LogP contribution in [0.2, 0.25) is 0 Å². The molecule has 2 nitrogen and oxygen atoms in total. The van der Waals surface area contributed by atoms with Crippen molar-refractivity contribution >= 4 is 0 Å². The Hall–Kier alpha value is -1.33. The SMILES string of the molecule is CC.CC.CC#N.OCc1ccccc1. The molecule has 0 spiro atoms. The molecular weight excluding hydrogens is 186 g/mol. The van der Waals surface area contributed by atoms with Gasteiger partial charge in [-0.25, -0.2) is 0 Å². The smallest absolute Gasteiger partial charge is 0.0681 e. The second-order valence-electron chi connectivity index (χ2n) is 1.87. The van der Waals surface area contributed by atoms with Gasteiger partial charge in [0, 0.05) is 6.92 Å². The van der Waals surface area contributed by atoms with E-state index in [1.54, 1.807) is 6.07 Å². The topological polar surface area (TPSA) is 44.0 Å². The summed E-state index contributed by atoms with van der Waals surface area (Å²) in [6.07, 6.45) is 0. The van der Waals surface area contributed by atoms with Crippen LogP contribution in [0, 0.1) is 11.3 Å². The number of nitrogens with zero attached hydrogens (tertiary/aromatic N) is 1. The summed E-state index contributed by atoms with van der Waals surface area (Å²) in [6, 6.07) is 11.3. The number of hydrogen-bond donors (Lipinski definition) is 1. The fourth-order valence-electron chi connectivity index (χ4n) is 0.583. The van der Waals surface area contributed by atoms with Gasteiger partial charge < -0.3 is 5.11 Å². The summed E-state index contributed by atoms with van der Waals surface area (Å²) >= 11 is 0. The van der Waals surface area contributed by atoms with Gasteiger partial charge in [0.25, 0.3) is 0 Å². The van der Waals surface area contributed by atoms with Gasteiger partial charge in [-0.1, -0.05) is 58.0 Å². The van der Waals surface area contributed by atoms with Gasteiger partial charge in [-0.05, 0) is 5.56 Å². The van der Waals surface area contributed by atoms with E-state index in [1.165, 1.54) is 6.92 Å². The van der Waals surface area contributed by atoms with Crippen LogP contribution in [-0.4, -0.2) is 5.11 Å². The maximum atomic E-state index is 8.54. The Labute approximate surface area is 94.2 Å². The lowest BCUT2D eigenvalue weighted by molar-refractivity contribution is 0.282. The summed E-state index contributed by atoms with van der Waals surface area (Å²) < 4.78 is 0. The Morgan fingerprint density at radius 2 is 1.40 bits per heavy atom. The molecule has 1 rings (SSSR count). The minimum atomic E-state index is 0.140. The van der Waals surface area contributed by atoms with Gasteiger partial charge in [0.2, 0.25) is 0 Å². The van der Waals surface area contributed by atoms with Gasteiger partial charge in [0.1, 0.15) is 0 Å². The Balaban J connectivity index is -0.000000176. The first kappa shape index (κ1) is 19.3. The zero-order chi connectivity index (χ0) is 12.5. The third-order valence-corrected chi connectivity index (χ3v) is 1.03. The molecule has 0 aromatic heterocycles. The van der Waals surface area contributed by atoms with Gasteiger partial charge in [-0.15, -0.1) is 0 Å². The van der Waals surface area contributed by atoms with Crippen LogP contribution in [0.15, 0.2) is 30.3 Å². The van der Waals surface area contributed by atoms with E-state index in [4.69, 9.17) is 10.4 Å². The molecule has 0 saturated heterocycles. The average Bonchev–Trinajstić information content (AvgIpc) is 2.36. The second-order valence-corrected chi connectivity index (χ2v) is 1.87. The molecule has 0 saturated carbocycles. The highest BCUT2D eigenvalue weighted by Crippen LogP contribution is 1.95. The molecule has 86 valence electrons. The van der Waals surface area contributed by atoms with Crippen LogP contribution in [0.1, 0.15) is 40.2 Å². The lowest BCUT2D eigenvalue weighted by Gasteiger charge is -1.89. The highest BCUT2D eigenvalue weighted by atomic mass is 16.3. The molecule has 0 bridgehead atoms. The number of aliphatic hydroxyl groups is 1. The van der Waals surface area contributed by atoms with Gasteiger partial charge in [0.15, 0.2) is 0 Å². The van der Waals surface area contributed by atoms with E-state index in [0.29, 0.717) is 0 Å². The molecule has 0 aliphatic rings. The summed E-state index contributed by atoms with van der Waals surface area (Å²) in [5.74, 6) is 0. The van der Waals surface area contributed by atoms with Gasteiger partial charge >= 0.3 is 0 Å². The number of rotatable bonds is 1. The van der Waals surface area contributed by atoms with Crippen molar-refractivity contribution in [3.8, 4) is 6.07 Å². The second kappa shape index (κ2) is 23.0. The van der Waals surface area contributed by atoms with Crippen LogP contribution in [0.25, 0.3) is 0 Å². The maximum Gasteiger partial charge on any atom is 0.0681 e. The normalized spacial score (nSPS) is 6.20. The van der Waals surface area contributed by atoms with Crippen LogP contribution in [0.4, 0.5) is 0 Å². The van der Waals surface area contributed by atoms with Crippen molar-refractivity contribution in [3.05, 3.63) is 35.9 Å². The molecule has 1 aromatic carbocycles. The molecule has 0 unspecified atom stereocenters. The highest BCUT2D eigenvalue weighted by molar-refractivity contribution is 5.12. The quantitative estimate of drug-likeness (QED) is 0.765. The average molecular weight is 209 g/mol. The van der Waals surface area contributed by atoms with Crippen molar-refractivity contribution in [3.63, 3.8) is 0 Å². The summed E-state index contributed by atoms with van der Waals surface area (Å²) in [7, 11) is 0. The summed E-state index contributed by atoms with van der Waals surface area (Å²) in [5, 5.41) is 15.9. The molecule has 15 heavy (non-hydrogen) atoms. The Morgan fingerprint density at radius 1 is 1.07 bits per heavy atom. The van der Waals surface area contributed by atoms with E-state index in [-0.39, 0.29) is 6.61 Å². The maximum absolute atomic E-state index is 8.54. The first-order chi connectivity index (χ1) is 7.35. The summed E-state index contributed by atoms with van der Waals surface area (Å²) in [4.78, 5) is 0. The van der Waals surface area contributed by atoms with Gasteiger partial charge in [0.05, 0.1) is 12.7 Å². The van der Waals surface area contributed by atoms with Crippen molar-refractivity contribution in [2.75, 3.05) is 0 Å². The molecule has 0 radical (unpaired) electrons. The van der Waals surface area contributed by atoms with Crippen molar-refractivity contribution in [2.45, 2.75) is 41.2 Å². The van der Waals surface area contributed by atoms with E-state index < -0.39 is 0 Å². The first-order valence-electron chi connectivity index (χ1n) is 5.30. The number of aliphatic hydroxyl groups excluding tert-OH is 1. The molecule has 1 aromatic rings. The van der Waals surface area contributed by atoms with Crippen LogP contribution >= 0.6 is 0 Å². The molecule has 0 aliphatic heterocycles. The van der Waals surface area contributed by atoms with Crippen molar-refractivity contribution in [1.29, 1.82) is 5.26 Å². The third kappa shape index (κ3) is 19.2. The number of hydrogen-bond acceptors (Lipinski definition) is 2. The minimum Gasteiger partial charge on any atom is -0.392 e. The van der Waals surface area contributed by atoms with Crippen LogP contribution in [0.3, 0.4) is 0 Å². The Morgan fingerprint density at radius 3 is 1.60 bits per heavy atom. The first-order valence-corrected chi connectivity index (χ1v) is 5.30. The zero-order valence-corrected chi connectivity index (χ0v) is 10.5. The molecular formula is C13H23NO. The summed E-state index contributed by atoms with van der Waals surface area (Å²) in [5.41, 5.74) is 0.965. The molecule has 0 fully saturated rings. The van der Waals surface area contributed by atoms with Crippen molar-refractivity contribution < 1.29 is 5.11 Å². The fraction of sp³-hybridized carbons (Fsp3) is 0.462. The van der Waals surface area contributed by atoms with Crippen molar-refractivity contribution in [2.24, 2.45) is 0 Å². The molecule has 1 N–H and O–H groups in total. The van der Waals surface area contributed by atoms with Crippen LogP contribution < -0.4 is 0 Å². The molecule has 0 atom stereocenters. The van der Waals surface area contributed by atoms with Gasteiger partial charge in [-0.3, -0.25) is 0 Å². The number of benzene rings is 1. The largest absolute Gasteiger partial charge is 0.392 e. The van der Waals surface area contributed by atoms with E-state index >= 15 is 0 Å². The fourth-order valence-corrected chi connectivity index (χ4v) is 0.583. The van der Waals surface area contributed by atoms with E-state index in [0.717, 1.165) is 5.56 Å². The van der Waals surface area contributed by atoms with E-state index in [1.807, 2.05) is 58.0 Å². The predicted molar refractivity (Wildman–Crippen MR) is 66.3 cm³/mol. The van der Waals surface area contributed by atoms with E-state index in [9.17, 15) is 0 Å². The molecule has 0 amide bonds. The molecule has 2 heteroatoms. The Bertz CT molecular complexity index is 214. The number of nitriles is 1. The van der Waals surface area contributed by atoms with Gasteiger partial charge in [-0.2, -0.15) is 5.26 Å². The third-order valence-electron chi connectivity index (χ3n) is 1.03. The monoisotopic (exact) mass is 209 g/mol. The lowest BCUT2D eigenvalue weighted by atomic mass is 10.2. The minimum absolute atomic E-state index is 0.140. The lowest BCUT2D eigenvalue weighted by Crippen LogP contribution is -1.77. The highest BCUT2D eigenvalue weighted by Gasteiger charge is 1.81. The molecule has 0 heterocycles. The van der Waals surface area contributed by atoms with Crippen LogP contribution in [0.5, 0.6) is 0 Å². The zero-order valence-electron chi connectivity index (χ0n) is 10.5. The van der Waals surface area contributed by atoms with Crippen molar-refractivity contribution in [1.82, 2.24) is 0 Å². The Kier molecular flexibility index (Phi) is 29.5. The van der Waals surface area contributed by atoms with Crippen LogP contribution in [-0.2, 0) is 6.61 Å². The summed E-state index contributed by atoms with van der Waals surface area (Å²) in [6.45, 7) is 9.57. The standard InChI is InChI=1S/C7H8O.C2H3N.2C2H6/c8-6-7-4-2-1-3-5-7;1-2-3;2*1-2/h1-5,8H,6H2;1H3;2*1-2H3. The predicted octanol–water partition coefficient (Wildman–Crippen LogP) is 3.76. The molecule has 0 aliphatic carbocycles. The van der Waals surface area contributed by atoms with E-state index in [2.05, 4.69) is 0 Å².